The average Bonchev–Trinajstić information content (AvgIpc) is 3.18. The molecular formula is C23H19N5O2. The van der Waals surface area contributed by atoms with Crippen molar-refractivity contribution < 1.29 is 9.53 Å². The summed E-state index contributed by atoms with van der Waals surface area (Å²) >= 11 is 0. The van der Waals surface area contributed by atoms with Gasteiger partial charge in [-0.1, -0.05) is 30.3 Å². The number of pyridine rings is 2. The number of hydrogen-bond donors (Lipinski definition) is 1. The van der Waals surface area contributed by atoms with Crippen LogP contribution in [0.4, 0.5) is 0 Å². The quantitative estimate of drug-likeness (QED) is 0.537. The second-order valence-electron chi connectivity index (χ2n) is 6.55. The van der Waals surface area contributed by atoms with Crippen LogP contribution in [0, 0.1) is 11.3 Å². The van der Waals surface area contributed by atoms with Crippen molar-refractivity contribution in [2.75, 3.05) is 6.54 Å². The Morgan fingerprint density at radius 2 is 2.00 bits per heavy atom. The Hall–Kier alpha value is -4.18. The first-order valence-electron chi connectivity index (χ1n) is 9.53. The molecular weight excluding hydrogens is 378 g/mol. The van der Waals surface area contributed by atoms with Crippen LogP contribution >= 0.6 is 0 Å². The number of aromatic nitrogens is 3. The number of nitriles is 1. The van der Waals surface area contributed by atoms with Crippen LogP contribution in [0.5, 0.6) is 5.75 Å². The van der Waals surface area contributed by atoms with E-state index in [1.165, 1.54) is 0 Å². The van der Waals surface area contributed by atoms with Crippen molar-refractivity contribution in [1.82, 2.24) is 19.7 Å². The number of hydrogen-bond acceptors (Lipinski definition) is 5. The van der Waals surface area contributed by atoms with Crippen LogP contribution in [0.3, 0.4) is 0 Å². The van der Waals surface area contributed by atoms with E-state index < -0.39 is 0 Å². The van der Waals surface area contributed by atoms with Gasteiger partial charge in [0.05, 0.1) is 5.69 Å². The maximum Gasteiger partial charge on any atom is 0.269 e. The molecule has 1 aromatic carbocycles. The average molecular weight is 397 g/mol. The van der Waals surface area contributed by atoms with E-state index in [-0.39, 0.29) is 11.6 Å². The Labute approximate surface area is 173 Å². The number of benzene rings is 1. The standard InChI is InChI=1S/C23H19N5O2/c1-2-25-23(29)18-11-10-17(14-26-18)21-19(13-24)27-22-20(9-6-12-28(21)22)30-15-16-7-4-3-5-8-16/h3-12,14H,2,15H2,1H3,(H,25,29). The number of imidazole rings is 1. The van der Waals surface area contributed by atoms with Crippen molar-refractivity contribution in [3.63, 3.8) is 0 Å². The van der Waals surface area contributed by atoms with Gasteiger partial charge in [0.25, 0.3) is 5.91 Å². The molecule has 3 aromatic heterocycles. The topological polar surface area (TPSA) is 92.3 Å². The number of ether oxygens (including phenoxy) is 1. The Morgan fingerprint density at radius 1 is 1.17 bits per heavy atom. The van der Waals surface area contributed by atoms with Gasteiger partial charge in [-0.05, 0) is 36.8 Å². The van der Waals surface area contributed by atoms with Gasteiger partial charge in [0, 0.05) is 24.5 Å². The lowest BCUT2D eigenvalue weighted by Gasteiger charge is -2.08. The number of carbonyl (C=O) groups excluding carboxylic acids is 1. The predicted molar refractivity (Wildman–Crippen MR) is 112 cm³/mol. The van der Waals surface area contributed by atoms with Gasteiger partial charge < -0.3 is 10.1 Å². The van der Waals surface area contributed by atoms with Crippen molar-refractivity contribution in [3.8, 4) is 23.1 Å². The highest BCUT2D eigenvalue weighted by Gasteiger charge is 2.18. The van der Waals surface area contributed by atoms with Crippen molar-refractivity contribution in [2.45, 2.75) is 13.5 Å². The number of nitrogens with zero attached hydrogens (tertiary/aromatic N) is 4. The van der Waals surface area contributed by atoms with Crippen LogP contribution < -0.4 is 10.1 Å². The second kappa shape index (κ2) is 8.45. The van der Waals surface area contributed by atoms with Crippen molar-refractivity contribution >= 4 is 11.6 Å². The molecule has 4 aromatic rings. The smallest absolute Gasteiger partial charge is 0.269 e. The summed E-state index contributed by atoms with van der Waals surface area (Å²) in [4.78, 5) is 20.7. The second-order valence-corrected chi connectivity index (χ2v) is 6.55. The molecule has 0 aliphatic carbocycles. The number of amides is 1. The molecule has 0 unspecified atom stereocenters. The molecule has 0 aliphatic rings. The van der Waals surface area contributed by atoms with Gasteiger partial charge in [-0.3, -0.25) is 14.2 Å². The molecule has 0 saturated heterocycles. The fourth-order valence-electron chi connectivity index (χ4n) is 3.16. The summed E-state index contributed by atoms with van der Waals surface area (Å²) in [6.07, 6.45) is 3.40. The molecule has 0 atom stereocenters. The zero-order chi connectivity index (χ0) is 20.9. The van der Waals surface area contributed by atoms with E-state index in [0.29, 0.717) is 41.5 Å². The lowest BCUT2D eigenvalue weighted by atomic mass is 10.1. The maximum atomic E-state index is 12.0. The highest BCUT2D eigenvalue weighted by Crippen LogP contribution is 2.29. The molecule has 3 heterocycles. The van der Waals surface area contributed by atoms with E-state index in [9.17, 15) is 10.1 Å². The van der Waals surface area contributed by atoms with Crippen LogP contribution in [0.1, 0.15) is 28.7 Å². The van der Waals surface area contributed by atoms with E-state index in [1.54, 1.807) is 18.3 Å². The predicted octanol–water partition coefficient (Wildman–Crippen LogP) is 3.60. The van der Waals surface area contributed by atoms with Crippen molar-refractivity contribution in [3.05, 3.63) is 83.9 Å². The summed E-state index contributed by atoms with van der Waals surface area (Å²) in [5.41, 5.74) is 3.46. The van der Waals surface area contributed by atoms with Crippen LogP contribution in [0.15, 0.2) is 67.0 Å². The summed E-state index contributed by atoms with van der Waals surface area (Å²) in [6.45, 7) is 2.77. The minimum absolute atomic E-state index is 0.237. The molecule has 0 fully saturated rings. The largest absolute Gasteiger partial charge is 0.485 e. The third-order valence-corrected chi connectivity index (χ3v) is 4.56. The summed E-state index contributed by atoms with van der Waals surface area (Å²) in [5, 5.41) is 12.4. The monoisotopic (exact) mass is 397 g/mol. The fraction of sp³-hybridized carbons (Fsp3) is 0.130. The van der Waals surface area contributed by atoms with Gasteiger partial charge in [-0.25, -0.2) is 4.98 Å². The SMILES string of the molecule is CCNC(=O)c1ccc(-c2c(C#N)nc3c(OCc4ccccc4)cccn23)cn1. The number of fused-ring (bicyclic) bond motifs is 1. The Morgan fingerprint density at radius 3 is 2.70 bits per heavy atom. The molecule has 4 rings (SSSR count). The van der Waals surface area contributed by atoms with E-state index in [2.05, 4.69) is 21.4 Å². The number of nitrogens with one attached hydrogen (secondary N) is 1. The molecule has 0 saturated carbocycles. The number of carbonyl (C=O) groups is 1. The van der Waals surface area contributed by atoms with Crippen LogP contribution in [0.2, 0.25) is 0 Å². The fourth-order valence-corrected chi connectivity index (χ4v) is 3.16. The van der Waals surface area contributed by atoms with Gasteiger partial charge in [0.15, 0.2) is 17.1 Å². The normalized spacial score (nSPS) is 10.5. The molecule has 148 valence electrons. The van der Waals surface area contributed by atoms with E-state index >= 15 is 0 Å². The third kappa shape index (κ3) is 3.71. The Bertz CT molecular complexity index is 1220. The summed E-state index contributed by atoms with van der Waals surface area (Å²) in [6, 6.07) is 19.1. The zero-order valence-electron chi connectivity index (χ0n) is 16.4. The molecule has 0 spiro atoms. The van der Waals surface area contributed by atoms with Gasteiger partial charge in [-0.2, -0.15) is 5.26 Å². The van der Waals surface area contributed by atoms with E-state index in [0.717, 1.165) is 5.56 Å². The Kier molecular flexibility index (Phi) is 5.39. The molecule has 1 amide bonds. The molecule has 0 radical (unpaired) electrons. The summed E-state index contributed by atoms with van der Waals surface area (Å²) in [5.74, 6) is 0.343. The minimum Gasteiger partial charge on any atom is -0.485 e. The maximum absolute atomic E-state index is 12.0. The van der Waals surface area contributed by atoms with Crippen LogP contribution in [0.25, 0.3) is 16.9 Å². The van der Waals surface area contributed by atoms with Gasteiger partial charge >= 0.3 is 0 Å². The number of rotatable bonds is 6. The summed E-state index contributed by atoms with van der Waals surface area (Å²) < 4.78 is 7.78. The van der Waals surface area contributed by atoms with Crippen LogP contribution in [-0.4, -0.2) is 26.8 Å². The van der Waals surface area contributed by atoms with Crippen LogP contribution in [-0.2, 0) is 6.61 Å². The lowest BCUT2D eigenvalue weighted by molar-refractivity contribution is 0.0951. The molecule has 1 N–H and O–H groups in total. The van der Waals surface area contributed by atoms with Gasteiger partial charge in [-0.15, -0.1) is 0 Å². The first-order valence-corrected chi connectivity index (χ1v) is 9.53. The summed E-state index contributed by atoms with van der Waals surface area (Å²) in [7, 11) is 0. The Balaban J connectivity index is 1.70. The molecule has 0 aliphatic heterocycles. The van der Waals surface area contributed by atoms with Gasteiger partial charge in [0.1, 0.15) is 18.4 Å². The lowest BCUT2D eigenvalue weighted by Crippen LogP contribution is -2.23. The molecule has 0 bridgehead atoms. The highest BCUT2D eigenvalue weighted by atomic mass is 16.5. The first-order chi connectivity index (χ1) is 14.7. The van der Waals surface area contributed by atoms with Crippen molar-refractivity contribution in [1.29, 1.82) is 5.26 Å². The van der Waals surface area contributed by atoms with E-state index in [4.69, 9.17) is 4.74 Å². The minimum atomic E-state index is -0.237. The molecule has 7 heteroatoms. The first kappa shape index (κ1) is 19.2. The van der Waals surface area contributed by atoms with E-state index in [1.807, 2.05) is 60.0 Å². The highest BCUT2D eigenvalue weighted by molar-refractivity contribution is 5.92. The molecule has 7 nitrogen and oxygen atoms in total. The zero-order valence-corrected chi connectivity index (χ0v) is 16.4. The third-order valence-electron chi connectivity index (χ3n) is 4.56. The molecule has 30 heavy (non-hydrogen) atoms. The van der Waals surface area contributed by atoms with Gasteiger partial charge in [0.2, 0.25) is 0 Å². The van der Waals surface area contributed by atoms with Crippen molar-refractivity contribution in [2.24, 2.45) is 0 Å².